The van der Waals surface area contributed by atoms with Gasteiger partial charge in [-0.3, -0.25) is 9.69 Å². The van der Waals surface area contributed by atoms with Crippen LogP contribution in [0, 0.1) is 0 Å². The molecule has 0 saturated carbocycles. The van der Waals surface area contributed by atoms with Gasteiger partial charge >= 0.3 is 0 Å². The number of hydrogen-bond acceptors (Lipinski definition) is 3. The number of amides is 1. The van der Waals surface area contributed by atoms with Crippen molar-refractivity contribution in [3.05, 3.63) is 0 Å². The van der Waals surface area contributed by atoms with E-state index in [1.807, 2.05) is 14.0 Å². The van der Waals surface area contributed by atoms with Gasteiger partial charge in [0.2, 0.25) is 5.91 Å². The molecule has 2 unspecified atom stereocenters. The molecule has 2 N–H and O–H groups in total. The van der Waals surface area contributed by atoms with Gasteiger partial charge in [0, 0.05) is 11.8 Å². The number of hydrogen-bond donors (Lipinski definition) is 1. The van der Waals surface area contributed by atoms with Crippen LogP contribution in [0.15, 0.2) is 0 Å². The Morgan fingerprint density at radius 1 is 1.62 bits per heavy atom. The van der Waals surface area contributed by atoms with Gasteiger partial charge in [-0.1, -0.05) is 6.92 Å². The van der Waals surface area contributed by atoms with Gasteiger partial charge in [-0.25, -0.2) is 0 Å². The first-order valence-electron chi connectivity index (χ1n) is 4.54. The highest BCUT2D eigenvalue weighted by molar-refractivity contribution is 7.98. The Labute approximate surface area is 85.0 Å². The van der Waals surface area contributed by atoms with Crippen molar-refractivity contribution in [3.8, 4) is 0 Å². The smallest absolute Gasteiger partial charge is 0.234 e. The average molecular weight is 204 g/mol. The van der Waals surface area contributed by atoms with Crippen LogP contribution in [0.5, 0.6) is 0 Å². The molecule has 0 rings (SSSR count). The van der Waals surface area contributed by atoms with Crippen LogP contribution >= 0.6 is 11.8 Å². The van der Waals surface area contributed by atoms with Crippen molar-refractivity contribution in [2.75, 3.05) is 19.1 Å². The zero-order valence-corrected chi connectivity index (χ0v) is 9.73. The summed E-state index contributed by atoms with van der Waals surface area (Å²) in [5, 5.41) is 0. The van der Waals surface area contributed by atoms with Crippen molar-refractivity contribution in [1.82, 2.24) is 4.90 Å². The SMILES string of the molecule is CCC(CSC)N(C)C(C)C(N)=O. The van der Waals surface area contributed by atoms with Crippen LogP contribution in [0.1, 0.15) is 20.3 Å². The highest BCUT2D eigenvalue weighted by Crippen LogP contribution is 2.10. The molecule has 1 amide bonds. The zero-order chi connectivity index (χ0) is 10.4. The first-order valence-corrected chi connectivity index (χ1v) is 5.94. The molecule has 0 radical (unpaired) electrons. The van der Waals surface area contributed by atoms with E-state index in [1.165, 1.54) is 0 Å². The van der Waals surface area contributed by atoms with E-state index < -0.39 is 0 Å². The standard InChI is InChI=1S/C9H20N2OS/c1-5-8(6-13-4)11(3)7(2)9(10)12/h7-8H,5-6H2,1-4H3,(H2,10,12). The summed E-state index contributed by atoms with van der Waals surface area (Å²) in [5.41, 5.74) is 5.24. The van der Waals surface area contributed by atoms with Gasteiger partial charge in [0.1, 0.15) is 0 Å². The minimum absolute atomic E-state index is 0.169. The van der Waals surface area contributed by atoms with Crippen LogP contribution in [0.25, 0.3) is 0 Å². The van der Waals surface area contributed by atoms with Crippen LogP contribution < -0.4 is 5.73 Å². The molecule has 0 aromatic rings. The predicted molar refractivity (Wildman–Crippen MR) is 58.9 cm³/mol. The summed E-state index contributed by atoms with van der Waals surface area (Å²) in [4.78, 5) is 13.0. The Balaban J connectivity index is 4.17. The number of carbonyl (C=O) groups excluding carboxylic acids is 1. The molecule has 0 saturated heterocycles. The fourth-order valence-corrected chi connectivity index (χ4v) is 2.09. The molecule has 0 bridgehead atoms. The maximum Gasteiger partial charge on any atom is 0.234 e. The third-order valence-electron chi connectivity index (χ3n) is 2.43. The first-order chi connectivity index (χ1) is 6.04. The van der Waals surface area contributed by atoms with E-state index in [1.54, 1.807) is 11.8 Å². The molecular weight excluding hydrogens is 184 g/mol. The second-order valence-corrected chi connectivity index (χ2v) is 4.17. The van der Waals surface area contributed by atoms with Crippen molar-refractivity contribution >= 4 is 17.7 Å². The fourth-order valence-electron chi connectivity index (χ4n) is 1.23. The lowest BCUT2D eigenvalue weighted by Crippen LogP contribution is -2.46. The van der Waals surface area contributed by atoms with Gasteiger partial charge in [-0.15, -0.1) is 0 Å². The number of likely N-dealkylation sites (N-methyl/N-ethyl adjacent to an activating group) is 1. The van der Waals surface area contributed by atoms with Crippen molar-refractivity contribution in [2.24, 2.45) is 5.73 Å². The van der Waals surface area contributed by atoms with Gasteiger partial charge in [0.05, 0.1) is 6.04 Å². The summed E-state index contributed by atoms with van der Waals surface area (Å²) in [7, 11) is 1.96. The van der Waals surface area contributed by atoms with Crippen molar-refractivity contribution in [2.45, 2.75) is 32.4 Å². The number of primary amides is 1. The summed E-state index contributed by atoms with van der Waals surface area (Å²) in [6.45, 7) is 3.98. The minimum Gasteiger partial charge on any atom is -0.368 e. The number of thioether (sulfide) groups is 1. The van der Waals surface area contributed by atoms with Crippen molar-refractivity contribution < 1.29 is 4.79 Å². The highest BCUT2D eigenvalue weighted by Gasteiger charge is 2.21. The molecule has 2 atom stereocenters. The summed E-state index contributed by atoms with van der Waals surface area (Å²) in [6, 6.07) is 0.273. The molecule has 0 heterocycles. The number of carbonyl (C=O) groups is 1. The molecule has 13 heavy (non-hydrogen) atoms. The molecule has 3 nitrogen and oxygen atoms in total. The van der Waals surface area contributed by atoms with E-state index in [0.29, 0.717) is 6.04 Å². The average Bonchev–Trinajstić information content (AvgIpc) is 2.11. The molecule has 0 aliphatic carbocycles. The zero-order valence-electron chi connectivity index (χ0n) is 8.91. The summed E-state index contributed by atoms with van der Waals surface area (Å²) >= 11 is 1.80. The number of rotatable bonds is 6. The second kappa shape index (κ2) is 6.27. The van der Waals surface area contributed by atoms with Crippen LogP contribution in [-0.2, 0) is 4.79 Å². The summed E-state index contributed by atoms with van der Waals surface area (Å²) in [5.74, 6) is 0.798. The predicted octanol–water partition coefficient (Wildman–Crippen LogP) is 0.934. The minimum atomic E-state index is -0.248. The fraction of sp³-hybridized carbons (Fsp3) is 0.889. The van der Waals surface area contributed by atoms with Crippen LogP contribution in [0.2, 0.25) is 0 Å². The van der Waals surface area contributed by atoms with E-state index in [0.717, 1.165) is 12.2 Å². The molecule has 0 aromatic heterocycles. The van der Waals surface area contributed by atoms with Crippen LogP contribution in [0.3, 0.4) is 0 Å². The Morgan fingerprint density at radius 3 is 2.46 bits per heavy atom. The molecule has 0 aliphatic heterocycles. The van der Waals surface area contributed by atoms with Crippen molar-refractivity contribution in [3.63, 3.8) is 0 Å². The number of nitrogens with two attached hydrogens (primary N) is 1. The molecule has 0 fully saturated rings. The highest BCUT2D eigenvalue weighted by atomic mass is 32.2. The van der Waals surface area contributed by atoms with E-state index in [-0.39, 0.29) is 11.9 Å². The van der Waals surface area contributed by atoms with Gasteiger partial charge in [0.15, 0.2) is 0 Å². The molecular formula is C9H20N2OS. The Kier molecular flexibility index (Phi) is 6.16. The third-order valence-corrected chi connectivity index (χ3v) is 3.15. The monoisotopic (exact) mass is 204 g/mol. The molecule has 78 valence electrons. The molecule has 4 heteroatoms. The lowest BCUT2D eigenvalue weighted by Gasteiger charge is -2.30. The van der Waals surface area contributed by atoms with E-state index >= 15 is 0 Å². The normalized spacial score (nSPS) is 15.8. The summed E-state index contributed by atoms with van der Waals surface area (Å²) in [6.07, 6.45) is 3.13. The van der Waals surface area contributed by atoms with Gasteiger partial charge in [-0.2, -0.15) is 11.8 Å². The van der Waals surface area contributed by atoms with E-state index in [4.69, 9.17) is 5.73 Å². The van der Waals surface area contributed by atoms with Gasteiger partial charge in [0.25, 0.3) is 0 Å². The Bertz CT molecular complexity index is 164. The second-order valence-electron chi connectivity index (χ2n) is 3.26. The summed E-state index contributed by atoms with van der Waals surface area (Å²) < 4.78 is 0. The van der Waals surface area contributed by atoms with Crippen LogP contribution in [-0.4, -0.2) is 41.9 Å². The van der Waals surface area contributed by atoms with E-state index in [9.17, 15) is 4.79 Å². The van der Waals surface area contributed by atoms with Crippen molar-refractivity contribution in [1.29, 1.82) is 0 Å². The third kappa shape index (κ3) is 4.00. The van der Waals surface area contributed by atoms with E-state index in [2.05, 4.69) is 18.1 Å². The van der Waals surface area contributed by atoms with Crippen LogP contribution in [0.4, 0.5) is 0 Å². The maximum absolute atomic E-state index is 10.9. The molecule has 0 spiro atoms. The topological polar surface area (TPSA) is 46.3 Å². The van der Waals surface area contributed by atoms with Gasteiger partial charge in [-0.05, 0) is 26.6 Å². The quantitative estimate of drug-likeness (QED) is 0.700. The lowest BCUT2D eigenvalue weighted by atomic mass is 10.2. The Morgan fingerprint density at radius 2 is 2.15 bits per heavy atom. The first kappa shape index (κ1) is 12.8. The maximum atomic E-state index is 10.9. The van der Waals surface area contributed by atoms with Gasteiger partial charge < -0.3 is 5.73 Å². The lowest BCUT2D eigenvalue weighted by molar-refractivity contribution is -0.122. The molecule has 0 aliphatic rings. The largest absolute Gasteiger partial charge is 0.368 e. The Hall–Kier alpha value is -0.220. The molecule has 0 aromatic carbocycles. The number of nitrogens with zero attached hydrogens (tertiary/aromatic N) is 1.